The lowest BCUT2D eigenvalue weighted by molar-refractivity contribution is -0.0525. The van der Waals surface area contributed by atoms with Gasteiger partial charge in [-0.3, -0.25) is 9.80 Å². The Balaban J connectivity index is 1.96. The molecule has 19 heavy (non-hydrogen) atoms. The summed E-state index contributed by atoms with van der Waals surface area (Å²) in [6, 6.07) is 1.09. The van der Waals surface area contributed by atoms with Gasteiger partial charge in [-0.2, -0.15) is 0 Å². The molecule has 0 radical (unpaired) electrons. The Morgan fingerprint density at radius 3 is 2.53 bits per heavy atom. The van der Waals surface area contributed by atoms with E-state index in [4.69, 9.17) is 0 Å². The highest BCUT2D eigenvalue weighted by molar-refractivity contribution is 4.96. The highest BCUT2D eigenvalue weighted by atomic mass is 16.3. The molecule has 112 valence electrons. The van der Waals surface area contributed by atoms with Crippen LogP contribution in [0.25, 0.3) is 0 Å². The third-order valence-electron chi connectivity index (χ3n) is 5.48. The van der Waals surface area contributed by atoms with Gasteiger partial charge in [0.1, 0.15) is 0 Å². The molecule has 3 unspecified atom stereocenters. The van der Waals surface area contributed by atoms with Crippen LogP contribution in [0.15, 0.2) is 0 Å². The van der Waals surface area contributed by atoms with Crippen molar-refractivity contribution in [2.75, 3.05) is 26.2 Å². The molecular weight excluding hydrogens is 236 g/mol. The SMILES string of the molecule is CCN(CC)C1CCN(C2CCCC(C)(C)C2O)C1. The van der Waals surface area contributed by atoms with Crippen molar-refractivity contribution in [3.63, 3.8) is 0 Å². The van der Waals surface area contributed by atoms with Crippen LogP contribution in [0.4, 0.5) is 0 Å². The van der Waals surface area contributed by atoms with Gasteiger partial charge in [0.2, 0.25) is 0 Å². The molecule has 2 aliphatic rings. The van der Waals surface area contributed by atoms with E-state index >= 15 is 0 Å². The Kier molecular flexibility index (Phi) is 4.91. The van der Waals surface area contributed by atoms with Gasteiger partial charge in [0.05, 0.1) is 6.10 Å². The van der Waals surface area contributed by atoms with E-state index in [9.17, 15) is 5.11 Å². The lowest BCUT2D eigenvalue weighted by Crippen LogP contribution is -2.52. The molecule has 3 atom stereocenters. The summed E-state index contributed by atoms with van der Waals surface area (Å²) in [6.07, 6.45) is 4.72. The van der Waals surface area contributed by atoms with Gasteiger partial charge in [-0.25, -0.2) is 0 Å². The van der Waals surface area contributed by atoms with Crippen molar-refractivity contribution in [3.05, 3.63) is 0 Å². The molecule has 1 saturated carbocycles. The summed E-state index contributed by atoms with van der Waals surface area (Å²) in [4.78, 5) is 5.13. The first-order valence-electron chi connectivity index (χ1n) is 8.15. The maximum Gasteiger partial charge on any atom is 0.0746 e. The molecule has 3 nitrogen and oxygen atoms in total. The predicted molar refractivity (Wildman–Crippen MR) is 80.3 cm³/mol. The number of rotatable bonds is 4. The molecule has 3 heteroatoms. The molecule has 1 saturated heterocycles. The van der Waals surface area contributed by atoms with Crippen molar-refractivity contribution in [2.24, 2.45) is 5.41 Å². The van der Waals surface area contributed by atoms with Crippen LogP contribution in [0.3, 0.4) is 0 Å². The standard InChI is InChI=1S/C16H32N2O/c1-5-17(6-2)13-9-11-18(12-13)14-8-7-10-16(3,4)15(14)19/h13-15,19H,5-12H2,1-4H3. The summed E-state index contributed by atoms with van der Waals surface area (Å²) in [6.45, 7) is 13.6. The first-order valence-corrected chi connectivity index (χ1v) is 8.15. The molecular formula is C16H32N2O. The van der Waals surface area contributed by atoms with Crippen LogP contribution in [0.2, 0.25) is 0 Å². The van der Waals surface area contributed by atoms with Gasteiger partial charge in [-0.1, -0.05) is 34.1 Å². The van der Waals surface area contributed by atoms with E-state index in [0.29, 0.717) is 12.1 Å². The zero-order valence-corrected chi connectivity index (χ0v) is 13.2. The molecule has 0 spiro atoms. The smallest absolute Gasteiger partial charge is 0.0746 e. The highest BCUT2D eigenvalue weighted by Crippen LogP contribution is 2.38. The van der Waals surface area contributed by atoms with Crippen molar-refractivity contribution < 1.29 is 5.11 Å². The van der Waals surface area contributed by atoms with Gasteiger partial charge in [0.25, 0.3) is 0 Å². The van der Waals surface area contributed by atoms with Crippen LogP contribution >= 0.6 is 0 Å². The van der Waals surface area contributed by atoms with Crippen molar-refractivity contribution in [1.82, 2.24) is 9.80 Å². The molecule has 0 amide bonds. The number of likely N-dealkylation sites (N-methyl/N-ethyl adjacent to an activating group) is 1. The Hall–Kier alpha value is -0.120. The first-order chi connectivity index (χ1) is 8.99. The summed E-state index contributed by atoms with van der Waals surface area (Å²) < 4.78 is 0. The molecule has 1 aliphatic heterocycles. The molecule has 2 fully saturated rings. The highest BCUT2D eigenvalue weighted by Gasteiger charge is 2.42. The lowest BCUT2D eigenvalue weighted by Gasteiger charge is -2.44. The van der Waals surface area contributed by atoms with Crippen LogP contribution < -0.4 is 0 Å². The van der Waals surface area contributed by atoms with Crippen molar-refractivity contribution in [3.8, 4) is 0 Å². The maximum atomic E-state index is 10.6. The number of aliphatic hydroxyl groups is 1. The van der Waals surface area contributed by atoms with Gasteiger partial charge in [0, 0.05) is 25.2 Å². The topological polar surface area (TPSA) is 26.7 Å². The van der Waals surface area contributed by atoms with Crippen molar-refractivity contribution in [2.45, 2.75) is 71.6 Å². The average Bonchev–Trinajstić information content (AvgIpc) is 2.84. The second-order valence-corrected chi connectivity index (χ2v) is 7.05. The minimum atomic E-state index is -0.156. The van der Waals surface area contributed by atoms with E-state index in [2.05, 4.69) is 37.5 Å². The summed E-state index contributed by atoms with van der Waals surface area (Å²) >= 11 is 0. The Bertz CT molecular complexity index is 288. The fourth-order valence-corrected chi connectivity index (χ4v) is 4.08. The van der Waals surface area contributed by atoms with Crippen LogP contribution in [0.1, 0.15) is 53.4 Å². The summed E-state index contributed by atoms with van der Waals surface area (Å²) in [5.41, 5.74) is 0.0935. The van der Waals surface area contributed by atoms with E-state index < -0.39 is 0 Å². The predicted octanol–water partition coefficient (Wildman–Crippen LogP) is 2.34. The summed E-state index contributed by atoms with van der Waals surface area (Å²) in [5, 5.41) is 10.6. The third kappa shape index (κ3) is 3.14. The Morgan fingerprint density at radius 1 is 1.21 bits per heavy atom. The monoisotopic (exact) mass is 268 g/mol. The van der Waals surface area contributed by atoms with E-state index in [0.717, 1.165) is 26.1 Å². The minimum Gasteiger partial charge on any atom is -0.391 e. The molecule has 2 rings (SSSR count). The summed E-state index contributed by atoms with van der Waals surface area (Å²) in [5.74, 6) is 0. The molecule has 0 bridgehead atoms. The quantitative estimate of drug-likeness (QED) is 0.848. The number of nitrogens with zero attached hydrogens (tertiary/aromatic N) is 2. The largest absolute Gasteiger partial charge is 0.391 e. The first kappa shape index (κ1) is 15.3. The van der Waals surface area contributed by atoms with E-state index in [1.54, 1.807) is 0 Å². The molecule has 1 N–H and O–H groups in total. The zero-order chi connectivity index (χ0) is 14.0. The number of hydrogen-bond donors (Lipinski definition) is 1. The van der Waals surface area contributed by atoms with Crippen LogP contribution in [0.5, 0.6) is 0 Å². The zero-order valence-electron chi connectivity index (χ0n) is 13.2. The van der Waals surface area contributed by atoms with E-state index in [-0.39, 0.29) is 11.5 Å². The minimum absolute atomic E-state index is 0.0935. The van der Waals surface area contributed by atoms with Gasteiger partial charge in [-0.15, -0.1) is 0 Å². The fraction of sp³-hybridized carbons (Fsp3) is 1.00. The second-order valence-electron chi connectivity index (χ2n) is 7.05. The molecule has 1 aliphatic carbocycles. The van der Waals surface area contributed by atoms with Crippen LogP contribution in [-0.4, -0.2) is 59.3 Å². The third-order valence-corrected chi connectivity index (χ3v) is 5.48. The van der Waals surface area contributed by atoms with Gasteiger partial charge in [-0.05, 0) is 37.8 Å². The van der Waals surface area contributed by atoms with Crippen molar-refractivity contribution in [1.29, 1.82) is 0 Å². The number of hydrogen-bond acceptors (Lipinski definition) is 3. The van der Waals surface area contributed by atoms with Gasteiger partial charge >= 0.3 is 0 Å². The molecule has 0 aromatic rings. The Morgan fingerprint density at radius 2 is 1.89 bits per heavy atom. The van der Waals surface area contributed by atoms with Crippen LogP contribution in [0, 0.1) is 5.41 Å². The number of likely N-dealkylation sites (tertiary alicyclic amines) is 1. The van der Waals surface area contributed by atoms with Crippen molar-refractivity contribution >= 4 is 0 Å². The molecule has 1 heterocycles. The Labute approximate surface area is 119 Å². The normalized spacial score (nSPS) is 36.0. The summed E-state index contributed by atoms with van der Waals surface area (Å²) in [7, 11) is 0. The van der Waals surface area contributed by atoms with E-state index in [1.807, 2.05) is 0 Å². The number of aliphatic hydroxyl groups excluding tert-OH is 1. The fourth-order valence-electron chi connectivity index (χ4n) is 4.08. The lowest BCUT2D eigenvalue weighted by atomic mass is 9.72. The maximum absolute atomic E-state index is 10.6. The van der Waals surface area contributed by atoms with Gasteiger partial charge in [0.15, 0.2) is 0 Å². The van der Waals surface area contributed by atoms with Gasteiger partial charge < -0.3 is 5.11 Å². The molecule has 0 aromatic heterocycles. The average molecular weight is 268 g/mol. The van der Waals surface area contributed by atoms with Crippen LogP contribution in [-0.2, 0) is 0 Å². The van der Waals surface area contributed by atoms with E-state index in [1.165, 1.54) is 25.8 Å². The second kappa shape index (κ2) is 6.11. The molecule has 0 aromatic carbocycles.